The maximum absolute atomic E-state index is 12.7. The first-order valence-electron chi connectivity index (χ1n) is 8.68. The predicted octanol–water partition coefficient (Wildman–Crippen LogP) is 1.96. The number of amides is 1. The van der Waals surface area contributed by atoms with Crippen LogP contribution in [-0.2, 0) is 34.8 Å². The second-order valence-corrected chi connectivity index (χ2v) is 8.38. The molecule has 0 aliphatic carbocycles. The van der Waals surface area contributed by atoms with Gasteiger partial charge in [0.2, 0.25) is 15.9 Å². The molecule has 0 fully saturated rings. The van der Waals surface area contributed by atoms with Crippen molar-refractivity contribution in [2.45, 2.75) is 24.8 Å². The van der Waals surface area contributed by atoms with Gasteiger partial charge in [0.25, 0.3) is 0 Å². The average molecular weight is 384 g/mol. The van der Waals surface area contributed by atoms with Crippen LogP contribution in [0.4, 0.5) is 5.69 Å². The Morgan fingerprint density at radius 2 is 2.00 bits per heavy atom. The van der Waals surface area contributed by atoms with E-state index in [9.17, 15) is 13.2 Å². The highest BCUT2D eigenvalue weighted by Gasteiger charge is 2.25. The van der Waals surface area contributed by atoms with E-state index in [1.165, 1.54) is 13.0 Å². The van der Waals surface area contributed by atoms with E-state index in [2.05, 4.69) is 9.71 Å². The van der Waals surface area contributed by atoms with Gasteiger partial charge in [0, 0.05) is 26.2 Å². The highest BCUT2D eigenvalue weighted by atomic mass is 32.2. The molecule has 0 unspecified atom stereocenters. The third-order valence-corrected chi connectivity index (χ3v) is 6.34. The fraction of sp³-hybridized carbons (Fsp3) is 0.263. The number of carbonyl (C=O) groups is 1. The molecule has 0 saturated carbocycles. The maximum Gasteiger partial charge on any atom is 0.240 e. The monoisotopic (exact) mass is 384 g/mol. The van der Waals surface area contributed by atoms with Crippen molar-refractivity contribution in [3.63, 3.8) is 0 Å². The molecule has 1 aromatic heterocycles. The third kappa shape index (κ3) is 3.11. The predicted molar refractivity (Wildman–Crippen MR) is 103 cm³/mol. The molecule has 0 saturated heterocycles. The molecule has 1 aliphatic rings. The fourth-order valence-corrected chi connectivity index (χ4v) is 4.50. The van der Waals surface area contributed by atoms with Crippen molar-refractivity contribution in [3.05, 3.63) is 53.9 Å². The zero-order chi connectivity index (χ0) is 19.2. The minimum absolute atomic E-state index is 0.0377. The Kier molecular flexibility index (Phi) is 4.24. The van der Waals surface area contributed by atoms with Crippen LogP contribution in [0.5, 0.6) is 0 Å². The second kappa shape index (κ2) is 6.47. The minimum atomic E-state index is -3.68. The fourth-order valence-electron chi connectivity index (χ4n) is 3.47. The molecule has 0 spiro atoms. The number of anilines is 1. The molecule has 2 heterocycles. The van der Waals surface area contributed by atoms with Crippen LogP contribution in [-0.4, -0.2) is 30.4 Å². The van der Waals surface area contributed by atoms with E-state index in [1.807, 2.05) is 35.9 Å². The van der Waals surface area contributed by atoms with E-state index in [0.29, 0.717) is 18.8 Å². The summed E-state index contributed by atoms with van der Waals surface area (Å²) in [5.74, 6) is 0.605. The molecule has 140 valence electrons. The Morgan fingerprint density at radius 3 is 2.74 bits per heavy atom. The molecule has 27 heavy (non-hydrogen) atoms. The first-order valence-corrected chi connectivity index (χ1v) is 10.2. The number of hydrogen-bond acceptors (Lipinski definition) is 4. The first-order chi connectivity index (χ1) is 12.9. The van der Waals surface area contributed by atoms with Crippen molar-refractivity contribution in [2.24, 2.45) is 7.05 Å². The van der Waals surface area contributed by atoms with Crippen molar-refractivity contribution in [3.8, 4) is 0 Å². The lowest BCUT2D eigenvalue weighted by Gasteiger charge is -2.15. The molecular weight excluding hydrogens is 364 g/mol. The number of hydrogen-bond donors (Lipinski definition) is 1. The number of fused-ring (bicyclic) bond motifs is 2. The van der Waals surface area contributed by atoms with E-state index in [1.54, 1.807) is 17.0 Å². The van der Waals surface area contributed by atoms with E-state index in [4.69, 9.17) is 0 Å². The summed E-state index contributed by atoms with van der Waals surface area (Å²) in [7, 11) is -1.81. The van der Waals surface area contributed by atoms with Gasteiger partial charge in [-0.3, -0.25) is 4.79 Å². The summed E-state index contributed by atoms with van der Waals surface area (Å²) >= 11 is 0. The second-order valence-electron chi connectivity index (χ2n) is 6.61. The zero-order valence-corrected chi connectivity index (χ0v) is 16.0. The lowest BCUT2D eigenvalue weighted by molar-refractivity contribution is -0.116. The van der Waals surface area contributed by atoms with Gasteiger partial charge in [0.15, 0.2) is 0 Å². The number of imidazole rings is 1. The van der Waals surface area contributed by atoms with Crippen LogP contribution < -0.4 is 9.62 Å². The molecule has 0 bridgehead atoms. The van der Waals surface area contributed by atoms with Crippen LogP contribution in [0.3, 0.4) is 0 Å². The molecule has 7 nitrogen and oxygen atoms in total. The number of benzene rings is 2. The molecule has 0 radical (unpaired) electrons. The number of carbonyl (C=O) groups excluding carboxylic acids is 1. The maximum atomic E-state index is 12.7. The van der Waals surface area contributed by atoms with Crippen LogP contribution in [0.15, 0.2) is 47.4 Å². The number of sulfonamides is 1. The number of nitrogens with zero attached hydrogens (tertiary/aromatic N) is 3. The van der Waals surface area contributed by atoms with Crippen LogP contribution in [0.1, 0.15) is 18.3 Å². The Bertz CT molecular complexity index is 1150. The molecular formula is C19H20N4O3S. The third-order valence-electron chi connectivity index (χ3n) is 4.94. The summed E-state index contributed by atoms with van der Waals surface area (Å²) in [6, 6.07) is 12.6. The quantitative estimate of drug-likeness (QED) is 0.745. The van der Waals surface area contributed by atoms with Crippen LogP contribution in [0, 0.1) is 0 Å². The molecule has 1 amide bonds. The van der Waals surface area contributed by atoms with Gasteiger partial charge in [-0.05, 0) is 42.3 Å². The van der Waals surface area contributed by atoms with Crippen molar-refractivity contribution >= 4 is 32.7 Å². The van der Waals surface area contributed by atoms with Crippen molar-refractivity contribution in [1.29, 1.82) is 0 Å². The van der Waals surface area contributed by atoms with Gasteiger partial charge in [-0.1, -0.05) is 12.1 Å². The number of nitrogens with one attached hydrogen (secondary N) is 1. The summed E-state index contributed by atoms with van der Waals surface area (Å²) in [6.07, 6.45) is 0.656. The summed E-state index contributed by atoms with van der Waals surface area (Å²) in [5, 5.41) is 0. The topological polar surface area (TPSA) is 84.3 Å². The van der Waals surface area contributed by atoms with E-state index in [-0.39, 0.29) is 17.3 Å². The first kappa shape index (κ1) is 17.7. The summed E-state index contributed by atoms with van der Waals surface area (Å²) in [5.41, 5.74) is 3.44. The molecule has 3 aromatic rings. The van der Waals surface area contributed by atoms with Gasteiger partial charge >= 0.3 is 0 Å². The van der Waals surface area contributed by atoms with E-state index >= 15 is 0 Å². The largest absolute Gasteiger partial charge is 0.330 e. The SMILES string of the molecule is CC(=O)N1CCc2cc(S(=O)(=O)NCc3nc4ccccc4n3C)ccc21. The minimum Gasteiger partial charge on any atom is -0.330 e. The molecule has 0 atom stereocenters. The average Bonchev–Trinajstić information content (AvgIpc) is 3.21. The number of para-hydroxylation sites is 2. The van der Waals surface area contributed by atoms with Gasteiger partial charge in [-0.25, -0.2) is 18.1 Å². The van der Waals surface area contributed by atoms with Gasteiger partial charge in [-0.2, -0.15) is 0 Å². The molecule has 8 heteroatoms. The van der Waals surface area contributed by atoms with Gasteiger partial charge in [0.1, 0.15) is 5.82 Å². The summed E-state index contributed by atoms with van der Waals surface area (Å²) in [6.45, 7) is 2.20. The Morgan fingerprint density at radius 1 is 1.22 bits per heavy atom. The van der Waals surface area contributed by atoms with Gasteiger partial charge in [0.05, 0.1) is 22.5 Å². The van der Waals surface area contributed by atoms with E-state index < -0.39 is 10.0 Å². The van der Waals surface area contributed by atoms with Crippen molar-refractivity contribution in [1.82, 2.24) is 14.3 Å². The number of aromatic nitrogens is 2. The zero-order valence-electron chi connectivity index (χ0n) is 15.1. The molecule has 1 aliphatic heterocycles. The Labute approximate surface area is 157 Å². The normalized spacial score (nSPS) is 13.9. The lowest BCUT2D eigenvalue weighted by atomic mass is 10.2. The highest BCUT2D eigenvalue weighted by molar-refractivity contribution is 7.89. The van der Waals surface area contributed by atoms with Crippen molar-refractivity contribution < 1.29 is 13.2 Å². The summed E-state index contributed by atoms with van der Waals surface area (Å²) < 4.78 is 29.9. The molecule has 4 rings (SSSR count). The lowest BCUT2D eigenvalue weighted by Crippen LogP contribution is -2.26. The number of aryl methyl sites for hydroxylation is 1. The highest BCUT2D eigenvalue weighted by Crippen LogP contribution is 2.30. The van der Waals surface area contributed by atoms with Crippen LogP contribution in [0.25, 0.3) is 11.0 Å². The van der Waals surface area contributed by atoms with Crippen LogP contribution in [0.2, 0.25) is 0 Å². The number of rotatable bonds is 4. The Balaban J connectivity index is 1.57. The molecule has 2 aromatic carbocycles. The smallest absolute Gasteiger partial charge is 0.240 e. The van der Waals surface area contributed by atoms with Gasteiger partial charge in [-0.15, -0.1) is 0 Å². The van der Waals surface area contributed by atoms with Gasteiger partial charge < -0.3 is 9.47 Å². The van der Waals surface area contributed by atoms with Crippen LogP contribution >= 0.6 is 0 Å². The summed E-state index contributed by atoms with van der Waals surface area (Å²) in [4.78, 5) is 18.0. The van der Waals surface area contributed by atoms with Crippen molar-refractivity contribution in [2.75, 3.05) is 11.4 Å². The standard InChI is InChI=1S/C19H20N4O3S/c1-13(24)23-10-9-14-11-15(7-8-17(14)23)27(25,26)20-12-19-21-16-5-3-4-6-18(16)22(19)2/h3-8,11,20H,9-10,12H2,1-2H3. The molecule has 1 N–H and O–H groups in total. The van der Waals surface area contributed by atoms with E-state index in [0.717, 1.165) is 22.3 Å². The Hall–Kier alpha value is -2.71.